The second-order valence-electron chi connectivity index (χ2n) is 6.47. The molecule has 1 atom stereocenters. The molecule has 2 heterocycles. The van der Waals surface area contributed by atoms with E-state index in [-0.39, 0.29) is 12.5 Å². The zero-order chi connectivity index (χ0) is 19.2. The summed E-state index contributed by atoms with van der Waals surface area (Å²) in [4.78, 5) is 24.1. The van der Waals surface area contributed by atoms with E-state index >= 15 is 0 Å². The molecule has 1 unspecified atom stereocenters. The summed E-state index contributed by atoms with van der Waals surface area (Å²) >= 11 is 1.55. The SMILES string of the molecule is Cc1nc(C)c(CC(=O)N(Cc2ccncc2)CC(O)c2ccccc2)s1. The molecule has 0 spiro atoms. The maximum atomic E-state index is 13.0. The highest BCUT2D eigenvalue weighted by Crippen LogP contribution is 2.21. The number of amides is 1. The van der Waals surface area contributed by atoms with Crippen molar-refractivity contribution < 1.29 is 9.90 Å². The Balaban J connectivity index is 1.78. The lowest BCUT2D eigenvalue weighted by molar-refractivity contribution is -0.132. The van der Waals surface area contributed by atoms with Crippen molar-refractivity contribution in [3.63, 3.8) is 0 Å². The second kappa shape index (κ2) is 8.88. The zero-order valence-corrected chi connectivity index (χ0v) is 16.3. The number of rotatable bonds is 7. The average Bonchev–Trinajstić information content (AvgIpc) is 2.99. The molecule has 0 radical (unpaired) electrons. The van der Waals surface area contributed by atoms with E-state index < -0.39 is 6.10 Å². The fourth-order valence-electron chi connectivity index (χ4n) is 2.94. The molecular formula is C21H23N3O2S. The van der Waals surface area contributed by atoms with Crippen LogP contribution >= 0.6 is 11.3 Å². The molecule has 5 nitrogen and oxygen atoms in total. The van der Waals surface area contributed by atoms with Crippen LogP contribution in [-0.4, -0.2) is 32.4 Å². The summed E-state index contributed by atoms with van der Waals surface area (Å²) in [6.45, 7) is 4.54. The molecule has 6 heteroatoms. The highest BCUT2D eigenvalue weighted by atomic mass is 32.1. The molecule has 0 saturated heterocycles. The predicted molar refractivity (Wildman–Crippen MR) is 106 cm³/mol. The Morgan fingerprint density at radius 2 is 1.85 bits per heavy atom. The van der Waals surface area contributed by atoms with Crippen molar-refractivity contribution in [2.24, 2.45) is 0 Å². The molecule has 0 bridgehead atoms. The van der Waals surface area contributed by atoms with Gasteiger partial charge in [-0.05, 0) is 37.1 Å². The number of thiazole rings is 1. The Bertz CT molecular complexity index is 881. The molecule has 2 aromatic heterocycles. The Hall–Kier alpha value is -2.57. The van der Waals surface area contributed by atoms with E-state index in [0.29, 0.717) is 13.0 Å². The van der Waals surface area contributed by atoms with Crippen molar-refractivity contribution >= 4 is 17.2 Å². The van der Waals surface area contributed by atoms with Gasteiger partial charge in [0.25, 0.3) is 0 Å². The first-order valence-corrected chi connectivity index (χ1v) is 9.67. The maximum absolute atomic E-state index is 13.0. The summed E-state index contributed by atoms with van der Waals surface area (Å²) in [5.74, 6) is -0.0199. The van der Waals surface area contributed by atoms with Gasteiger partial charge in [0.15, 0.2) is 0 Å². The van der Waals surface area contributed by atoms with Crippen LogP contribution in [-0.2, 0) is 17.8 Å². The minimum absolute atomic E-state index is 0.0199. The van der Waals surface area contributed by atoms with E-state index in [1.807, 2.05) is 56.3 Å². The fraction of sp³-hybridized carbons (Fsp3) is 0.286. The van der Waals surface area contributed by atoms with Gasteiger partial charge >= 0.3 is 0 Å². The third-order valence-corrected chi connectivity index (χ3v) is 5.44. The summed E-state index contributed by atoms with van der Waals surface area (Å²) in [5, 5.41) is 11.6. The molecule has 0 fully saturated rings. The first-order chi connectivity index (χ1) is 13.0. The van der Waals surface area contributed by atoms with Crippen LogP contribution in [0.3, 0.4) is 0 Å². The predicted octanol–water partition coefficient (Wildman–Crippen LogP) is 3.46. The van der Waals surface area contributed by atoms with E-state index in [2.05, 4.69) is 9.97 Å². The van der Waals surface area contributed by atoms with Crippen LogP contribution in [0.5, 0.6) is 0 Å². The van der Waals surface area contributed by atoms with E-state index in [1.165, 1.54) is 0 Å². The van der Waals surface area contributed by atoms with Gasteiger partial charge < -0.3 is 10.0 Å². The summed E-state index contributed by atoms with van der Waals surface area (Å²) in [5.41, 5.74) is 2.68. The Morgan fingerprint density at radius 1 is 1.15 bits per heavy atom. The van der Waals surface area contributed by atoms with Crippen molar-refractivity contribution in [3.8, 4) is 0 Å². The number of benzene rings is 1. The number of carbonyl (C=O) groups excluding carboxylic acids is 1. The van der Waals surface area contributed by atoms with Crippen LogP contribution in [0.25, 0.3) is 0 Å². The number of aliphatic hydroxyl groups is 1. The van der Waals surface area contributed by atoms with E-state index in [0.717, 1.165) is 26.7 Å². The van der Waals surface area contributed by atoms with Crippen molar-refractivity contribution in [1.82, 2.24) is 14.9 Å². The van der Waals surface area contributed by atoms with Crippen LogP contribution in [0.15, 0.2) is 54.9 Å². The van der Waals surface area contributed by atoms with Crippen LogP contribution in [0, 0.1) is 13.8 Å². The topological polar surface area (TPSA) is 66.3 Å². The first kappa shape index (κ1) is 19.2. The van der Waals surface area contributed by atoms with Crippen LogP contribution in [0.2, 0.25) is 0 Å². The summed E-state index contributed by atoms with van der Waals surface area (Å²) < 4.78 is 0. The van der Waals surface area contributed by atoms with Gasteiger partial charge in [-0.1, -0.05) is 30.3 Å². The largest absolute Gasteiger partial charge is 0.387 e. The van der Waals surface area contributed by atoms with Gasteiger partial charge in [0.2, 0.25) is 5.91 Å². The van der Waals surface area contributed by atoms with Crippen LogP contribution in [0.1, 0.15) is 32.8 Å². The molecule has 1 N–H and O–H groups in total. The van der Waals surface area contributed by atoms with Gasteiger partial charge in [0.05, 0.1) is 29.8 Å². The monoisotopic (exact) mass is 381 g/mol. The van der Waals surface area contributed by atoms with E-state index in [1.54, 1.807) is 28.6 Å². The van der Waals surface area contributed by atoms with Gasteiger partial charge in [0, 0.05) is 23.8 Å². The van der Waals surface area contributed by atoms with E-state index in [9.17, 15) is 9.90 Å². The molecule has 0 aliphatic heterocycles. The maximum Gasteiger partial charge on any atom is 0.228 e. The Morgan fingerprint density at radius 3 is 2.48 bits per heavy atom. The molecule has 3 aromatic rings. The van der Waals surface area contributed by atoms with E-state index in [4.69, 9.17) is 0 Å². The Labute approximate surface area is 163 Å². The molecule has 0 saturated carbocycles. The summed E-state index contributed by atoms with van der Waals surface area (Å²) in [7, 11) is 0. The smallest absolute Gasteiger partial charge is 0.228 e. The normalized spacial score (nSPS) is 12.0. The van der Waals surface area contributed by atoms with Crippen LogP contribution in [0.4, 0.5) is 0 Å². The first-order valence-electron chi connectivity index (χ1n) is 8.85. The van der Waals surface area contributed by atoms with Crippen molar-refractivity contribution in [2.75, 3.05) is 6.54 Å². The van der Waals surface area contributed by atoms with Gasteiger partial charge in [-0.2, -0.15) is 0 Å². The standard InChI is InChI=1S/C21H23N3O2S/c1-15-20(27-16(2)23-15)12-21(26)24(13-17-8-10-22-11-9-17)14-19(25)18-6-4-3-5-7-18/h3-11,19,25H,12-14H2,1-2H3. The third-order valence-electron chi connectivity index (χ3n) is 4.36. The molecule has 3 rings (SSSR count). The number of hydrogen-bond acceptors (Lipinski definition) is 5. The lowest BCUT2D eigenvalue weighted by Gasteiger charge is -2.26. The molecule has 0 aliphatic carbocycles. The van der Waals surface area contributed by atoms with Crippen LogP contribution < -0.4 is 0 Å². The molecule has 1 amide bonds. The number of nitrogens with zero attached hydrogens (tertiary/aromatic N) is 3. The van der Waals surface area contributed by atoms with Gasteiger partial charge in [0.1, 0.15) is 0 Å². The number of pyridine rings is 1. The Kier molecular flexibility index (Phi) is 6.32. The van der Waals surface area contributed by atoms with Gasteiger partial charge in [-0.15, -0.1) is 11.3 Å². The number of aromatic nitrogens is 2. The highest BCUT2D eigenvalue weighted by molar-refractivity contribution is 7.11. The lowest BCUT2D eigenvalue weighted by atomic mass is 10.1. The number of aryl methyl sites for hydroxylation is 2. The number of hydrogen-bond donors (Lipinski definition) is 1. The minimum Gasteiger partial charge on any atom is -0.387 e. The van der Waals surface area contributed by atoms with Gasteiger partial charge in [-0.3, -0.25) is 9.78 Å². The molecule has 1 aromatic carbocycles. The fourth-order valence-corrected chi connectivity index (χ4v) is 3.87. The zero-order valence-electron chi connectivity index (χ0n) is 15.5. The summed E-state index contributed by atoms with van der Waals surface area (Å²) in [6, 6.07) is 13.2. The highest BCUT2D eigenvalue weighted by Gasteiger charge is 2.21. The number of aliphatic hydroxyl groups excluding tert-OH is 1. The summed E-state index contributed by atoms with van der Waals surface area (Å²) in [6.07, 6.45) is 2.98. The molecule has 27 heavy (non-hydrogen) atoms. The lowest BCUT2D eigenvalue weighted by Crippen LogP contribution is -2.35. The third kappa shape index (κ3) is 5.21. The van der Waals surface area contributed by atoms with Crippen molar-refractivity contribution in [3.05, 3.63) is 81.6 Å². The molecule has 140 valence electrons. The quantitative estimate of drug-likeness (QED) is 0.681. The second-order valence-corrected chi connectivity index (χ2v) is 7.76. The van der Waals surface area contributed by atoms with Crippen molar-refractivity contribution in [2.45, 2.75) is 32.9 Å². The van der Waals surface area contributed by atoms with Crippen molar-refractivity contribution in [1.29, 1.82) is 0 Å². The molecular weight excluding hydrogens is 358 g/mol. The average molecular weight is 382 g/mol. The number of carbonyl (C=O) groups is 1. The van der Waals surface area contributed by atoms with Gasteiger partial charge in [-0.25, -0.2) is 4.98 Å². The molecule has 0 aliphatic rings. The minimum atomic E-state index is -0.735.